The lowest BCUT2D eigenvalue weighted by atomic mass is 9.86. The minimum Gasteiger partial charge on any atom is -0.479 e. The summed E-state index contributed by atoms with van der Waals surface area (Å²) in [5, 5.41) is 11.6. The van der Waals surface area contributed by atoms with Crippen LogP contribution < -0.4 is 4.90 Å². The molecule has 0 bridgehead atoms. The van der Waals surface area contributed by atoms with Gasteiger partial charge >= 0.3 is 5.97 Å². The Morgan fingerprint density at radius 3 is 2.36 bits per heavy atom. The van der Waals surface area contributed by atoms with Gasteiger partial charge in [-0.15, -0.1) is 0 Å². The predicted octanol–water partition coefficient (Wildman–Crippen LogP) is 6.12. The van der Waals surface area contributed by atoms with Crippen molar-refractivity contribution in [3.8, 4) is 11.1 Å². The zero-order valence-corrected chi connectivity index (χ0v) is 23.3. The molecule has 0 fully saturated rings. The molecule has 1 aromatic heterocycles. The van der Waals surface area contributed by atoms with E-state index in [2.05, 4.69) is 86.5 Å². The summed E-state index contributed by atoms with van der Waals surface area (Å²) in [4.78, 5) is 17.4. The van der Waals surface area contributed by atoms with E-state index in [1.165, 1.54) is 16.8 Å². The SMILES string of the molecule is Cc1ccc(-c2c([C@H](OC(C)(C)C)C(=O)O)c(C)c3c4c2cc(C)n4C(C)CN3CCN(C)C)cc1. The standard InChI is InChI=1S/C30H41N3O3/c1-18-10-12-22(13-11-18)25-23-16-19(2)33-20(3)17-32(15-14-31(8)9)26(27(23)33)21(4)24(25)28(29(34)35)36-30(5,6)7/h10-13,16,20,28H,14-15,17H2,1-9H3,(H,34,35)/t20?,28-/m0/s1. The lowest BCUT2D eigenvalue weighted by Crippen LogP contribution is -2.39. The van der Waals surface area contributed by atoms with Crippen LogP contribution in [0.4, 0.5) is 5.69 Å². The third-order valence-corrected chi connectivity index (χ3v) is 7.11. The summed E-state index contributed by atoms with van der Waals surface area (Å²) >= 11 is 0. The molecule has 0 saturated heterocycles. The van der Waals surface area contributed by atoms with E-state index in [9.17, 15) is 9.90 Å². The number of ether oxygens (including phenoxy) is 1. The summed E-state index contributed by atoms with van der Waals surface area (Å²) in [6.45, 7) is 17.0. The molecule has 194 valence electrons. The Hall–Kier alpha value is -2.83. The first kappa shape index (κ1) is 26.2. The van der Waals surface area contributed by atoms with Gasteiger partial charge in [0.2, 0.25) is 0 Å². The topological polar surface area (TPSA) is 57.9 Å². The van der Waals surface area contributed by atoms with E-state index < -0.39 is 17.7 Å². The number of nitrogens with zero attached hydrogens (tertiary/aromatic N) is 3. The second-order valence-corrected chi connectivity index (χ2v) is 11.6. The summed E-state index contributed by atoms with van der Waals surface area (Å²) in [5.41, 5.74) is 7.80. The second-order valence-electron chi connectivity index (χ2n) is 11.6. The number of carboxylic acids is 1. The lowest BCUT2D eigenvalue weighted by Gasteiger charge is -2.39. The van der Waals surface area contributed by atoms with Crippen LogP contribution in [0.2, 0.25) is 0 Å². The molecule has 0 radical (unpaired) electrons. The zero-order chi connectivity index (χ0) is 26.5. The molecule has 2 heterocycles. The molecule has 1 aliphatic rings. The molecule has 3 aromatic rings. The Balaban J connectivity index is 2.13. The average molecular weight is 492 g/mol. The van der Waals surface area contributed by atoms with Crippen molar-refractivity contribution < 1.29 is 14.6 Å². The highest BCUT2D eigenvalue weighted by Gasteiger charge is 2.37. The Morgan fingerprint density at radius 2 is 1.81 bits per heavy atom. The van der Waals surface area contributed by atoms with Crippen molar-refractivity contribution in [1.82, 2.24) is 9.47 Å². The van der Waals surface area contributed by atoms with Crippen LogP contribution in [0.15, 0.2) is 30.3 Å². The summed E-state index contributed by atoms with van der Waals surface area (Å²) in [6.07, 6.45) is -1.08. The van der Waals surface area contributed by atoms with Crippen LogP contribution in [0.3, 0.4) is 0 Å². The van der Waals surface area contributed by atoms with Gasteiger partial charge in [-0.05, 0) is 85.3 Å². The molecule has 6 nitrogen and oxygen atoms in total. The second kappa shape index (κ2) is 9.56. The van der Waals surface area contributed by atoms with Gasteiger partial charge in [0.15, 0.2) is 6.10 Å². The van der Waals surface area contributed by atoms with Crippen LogP contribution in [0, 0.1) is 20.8 Å². The highest BCUT2D eigenvalue weighted by Crippen LogP contribution is 2.49. The van der Waals surface area contributed by atoms with Gasteiger partial charge in [0, 0.05) is 42.3 Å². The lowest BCUT2D eigenvalue weighted by molar-refractivity contribution is -0.160. The Kier molecular flexibility index (Phi) is 6.97. The van der Waals surface area contributed by atoms with Gasteiger partial charge in [-0.3, -0.25) is 0 Å². The number of likely N-dealkylation sites (N-methyl/N-ethyl adjacent to an activating group) is 1. The Labute approximate surface area is 215 Å². The van der Waals surface area contributed by atoms with Gasteiger partial charge in [-0.25, -0.2) is 4.79 Å². The zero-order valence-electron chi connectivity index (χ0n) is 23.3. The number of aryl methyl sites for hydroxylation is 2. The van der Waals surface area contributed by atoms with Crippen LogP contribution in [0.5, 0.6) is 0 Å². The molecule has 4 rings (SSSR count). The quantitative estimate of drug-likeness (QED) is 0.432. The maximum atomic E-state index is 12.8. The number of carboxylic acid groups (broad SMARTS) is 1. The van der Waals surface area contributed by atoms with Crippen molar-refractivity contribution in [1.29, 1.82) is 0 Å². The smallest absolute Gasteiger partial charge is 0.337 e. The summed E-state index contributed by atoms with van der Waals surface area (Å²) in [5.74, 6) is -0.965. The van der Waals surface area contributed by atoms with E-state index in [1.54, 1.807) is 0 Å². The van der Waals surface area contributed by atoms with E-state index in [0.717, 1.165) is 53.0 Å². The van der Waals surface area contributed by atoms with Crippen LogP contribution in [-0.2, 0) is 9.53 Å². The Morgan fingerprint density at radius 1 is 1.17 bits per heavy atom. The maximum absolute atomic E-state index is 12.8. The summed E-state index contributed by atoms with van der Waals surface area (Å²) < 4.78 is 8.71. The molecular weight excluding hydrogens is 450 g/mol. The van der Waals surface area contributed by atoms with Crippen molar-refractivity contribution in [2.24, 2.45) is 0 Å². The fourth-order valence-corrected chi connectivity index (χ4v) is 5.64. The number of aliphatic carboxylic acids is 1. The third kappa shape index (κ3) is 4.76. The summed E-state index contributed by atoms with van der Waals surface area (Å²) in [6, 6.07) is 10.9. The van der Waals surface area contributed by atoms with Crippen molar-refractivity contribution in [2.75, 3.05) is 38.6 Å². The molecule has 0 spiro atoms. The third-order valence-electron chi connectivity index (χ3n) is 7.11. The highest BCUT2D eigenvalue weighted by atomic mass is 16.5. The molecule has 36 heavy (non-hydrogen) atoms. The monoisotopic (exact) mass is 491 g/mol. The molecule has 6 heteroatoms. The fourth-order valence-electron chi connectivity index (χ4n) is 5.64. The minimum absolute atomic E-state index is 0.314. The number of hydrogen-bond donors (Lipinski definition) is 1. The molecule has 1 unspecified atom stereocenters. The highest BCUT2D eigenvalue weighted by molar-refractivity contribution is 6.07. The van der Waals surface area contributed by atoms with Gasteiger partial charge < -0.3 is 24.2 Å². The van der Waals surface area contributed by atoms with Crippen molar-refractivity contribution in [3.05, 3.63) is 52.7 Å². The van der Waals surface area contributed by atoms with E-state index in [-0.39, 0.29) is 0 Å². The van der Waals surface area contributed by atoms with Crippen LogP contribution in [0.25, 0.3) is 22.0 Å². The van der Waals surface area contributed by atoms with Crippen molar-refractivity contribution >= 4 is 22.6 Å². The van der Waals surface area contributed by atoms with Crippen molar-refractivity contribution in [2.45, 2.75) is 66.2 Å². The van der Waals surface area contributed by atoms with Crippen LogP contribution in [0.1, 0.15) is 62.2 Å². The fraction of sp³-hybridized carbons (Fsp3) is 0.500. The number of carbonyl (C=O) groups is 1. The van der Waals surface area contributed by atoms with Crippen molar-refractivity contribution in [3.63, 3.8) is 0 Å². The molecular formula is C30H41N3O3. The largest absolute Gasteiger partial charge is 0.479 e. The normalized spacial score (nSPS) is 16.7. The van der Waals surface area contributed by atoms with E-state index in [1.807, 2.05) is 20.8 Å². The van der Waals surface area contributed by atoms with Crippen LogP contribution >= 0.6 is 0 Å². The molecule has 1 N–H and O–H groups in total. The first-order valence-electron chi connectivity index (χ1n) is 12.9. The van der Waals surface area contributed by atoms with Gasteiger partial charge in [-0.2, -0.15) is 0 Å². The summed E-state index contributed by atoms with van der Waals surface area (Å²) in [7, 11) is 4.18. The minimum atomic E-state index is -1.08. The first-order valence-corrected chi connectivity index (χ1v) is 12.9. The van der Waals surface area contributed by atoms with Crippen LogP contribution in [-0.4, -0.2) is 59.9 Å². The number of benzene rings is 2. The molecule has 0 aliphatic carbocycles. The van der Waals surface area contributed by atoms with E-state index >= 15 is 0 Å². The van der Waals surface area contributed by atoms with Gasteiger partial charge in [-0.1, -0.05) is 29.8 Å². The van der Waals surface area contributed by atoms with Gasteiger partial charge in [0.05, 0.1) is 16.8 Å². The first-order chi connectivity index (χ1) is 16.8. The van der Waals surface area contributed by atoms with Gasteiger partial charge in [0.1, 0.15) is 0 Å². The molecule has 1 aliphatic heterocycles. The molecule has 2 atom stereocenters. The number of rotatable bonds is 7. The average Bonchev–Trinajstić information content (AvgIpc) is 3.11. The predicted molar refractivity (Wildman–Crippen MR) is 148 cm³/mol. The number of hydrogen-bond acceptors (Lipinski definition) is 4. The van der Waals surface area contributed by atoms with Gasteiger partial charge in [0.25, 0.3) is 0 Å². The Bertz CT molecular complexity index is 1280. The van der Waals surface area contributed by atoms with E-state index in [0.29, 0.717) is 6.04 Å². The number of anilines is 1. The maximum Gasteiger partial charge on any atom is 0.337 e. The number of aromatic nitrogens is 1. The molecule has 2 aromatic carbocycles. The molecule has 0 amide bonds. The van der Waals surface area contributed by atoms with E-state index in [4.69, 9.17) is 4.74 Å². The molecule has 0 saturated carbocycles.